The summed E-state index contributed by atoms with van der Waals surface area (Å²) in [6.45, 7) is 1.58. The Bertz CT molecular complexity index is 1100. The number of halogens is 1. The molecule has 0 spiro atoms. The molecule has 1 fully saturated rings. The molecule has 4 rings (SSSR count). The summed E-state index contributed by atoms with van der Waals surface area (Å²) in [5, 5.41) is 4.49. The van der Waals surface area contributed by atoms with E-state index in [2.05, 4.69) is 35.6 Å². The number of hydrogen-bond acceptors (Lipinski definition) is 4. The van der Waals surface area contributed by atoms with Crippen LogP contribution in [0.15, 0.2) is 72.8 Å². The molecule has 1 amide bonds. The van der Waals surface area contributed by atoms with Crippen molar-refractivity contribution in [1.82, 2.24) is 10.2 Å². The SMILES string of the molecule is COc1cc(OC)cc(C(=O)N2CC[C@H](NCCc3cccc(Cl)c3)C[C@@H]2Cc2ccccc2)c1. The van der Waals surface area contributed by atoms with Crippen LogP contribution in [0.1, 0.15) is 34.3 Å². The minimum absolute atomic E-state index is 0.0144. The standard InChI is InChI=1S/C29H33ClN2O3/c1-34-27-17-23(18-28(20-27)35-2)29(33)32-14-12-25(19-26(32)16-21-7-4-3-5-8-21)31-13-11-22-9-6-10-24(30)15-22/h3-10,15,17-18,20,25-26,31H,11-14,16,19H2,1-2H3/t25-,26-/m0/s1. The molecule has 184 valence electrons. The average molecular weight is 493 g/mol. The Labute approximate surface area is 213 Å². The van der Waals surface area contributed by atoms with Crippen LogP contribution < -0.4 is 14.8 Å². The molecule has 1 N–H and O–H groups in total. The molecular formula is C29H33ClN2O3. The minimum Gasteiger partial charge on any atom is -0.497 e. The molecule has 1 aliphatic rings. The Morgan fingerprint density at radius 1 is 0.971 bits per heavy atom. The van der Waals surface area contributed by atoms with Crippen LogP contribution in [0.4, 0.5) is 0 Å². The van der Waals surface area contributed by atoms with Crippen LogP contribution >= 0.6 is 11.6 Å². The number of amides is 1. The maximum absolute atomic E-state index is 13.7. The summed E-state index contributed by atoms with van der Waals surface area (Å²) >= 11 is 6.13. The second-order valence-corrected chi connectivity index (χ2v) is 9.44. The van der Waals surface area contributed by atoms with Gasteiger partial charge in [0.05, 0.1) is 14.2 Å². The van der Waals surface area contributed by atoms with Crippen molar-refractivity contribution in [3.63, 3.8) is 0 Å². The van der Waals surface area contributed by atoms with Gasteiger partial charge in [-0.15, -0.1) is 0 Å². The van der Waals surface area contributed by atoms with Crippen molar-refractivity contribution in [2.24, 2.45) is 0 Å². The van der Waals surface area contributed by atoms with Crippen LogP contribution in [0.3, 0.4) is 0 Å². The fourth-order valence-electron chi connectivity index (χ4n) is 4.79. The largest absolute Gasteiger partial charge is 0.497 e. The lowest BCUT2D eigenvalue weighted by atomic mass is 9.91. The number of rotatable bonds is 9. The Kier molecular flexibility index (Phi) is 8.67. The predicted molar refractivity (Wildman–Crippen MR) is 141 cm³/mol. The molecule has 3 aromatic rings. The zero-order valence-electron chi connectivity index (χ0n) is 20.4. The molecule has 2 atom stereocenters. The zero-order chi connectivity index (χ0) is 24.6. The van der Waals surface area contributed by atoms with Crippen molar-refractivity contribution < 1.29 is 14.3 Å². The topological polar surface area (TPSA) is 50.8 Å². The van der Waals surface area contributed by atoms with Crippen LogP contribution in [0.2, 0.25) is 5.02 Å². The maximum atomic E-state index is 13.7. The van der Waals surface area contributed by atoms with Gasteiger partial charge in [0.1, 0.15) is 11.5 Å². The number of nitrogens with one attached hydrogen (secondary N) is 1. The highest BCUT2D eigenvalue weighted by molar-refractivity contribution is 6.30. The molecule has 0 saturated carbocycles. The van der Waals surface area contributed by atoms with E-state index in [-0.39, 0.29) is 11.9 Å². The molecule has 0 aromatic heterocycles. The van der Waals surface area contributed by atoms with E-state index in [0.29, 0.717) is 29.6 Å². The molecule has 3 aromatic carbocycles. The Morgan fingerprint density at radius 2 is 1.69 bits per heavy atom. The van der Waals surface area contributed by atoms with E-state index < -0.39 is 0 Å². The number of benzene rings is 3. The van der Waals surface area contributed by atoms with Crippen LogP contribution in [0.25, 0.3) is 0 Å². The molecule has 0 aliphatic carbocycles. The number of carbonyl (C=O) groups is 1. The number of methoxy groups -OCH3 is 2. The molecule has 0 radical (unpaired) electrons. The summed E-state index contributed by atoms with van der Waals surface area (Å²) < 4.78 is 10.8. The number of carbonyl (C=O) groups excluding carboxylic acids is 1. The lowest BCUT2D eigenvalue weighted by Crippen LogP contribution is -2.52. The lowest BCUT2D eigenvalue weighted by molar-refractivity contribution is 0.0577. The van der Waals surface area contributed by atoms with Crippen molar-refractivity contribution in [2.45, 2.75) is 37.8 Å². The monoisotopic (exact) mass is 492 g/mol. The fraction of sp³-hybridized carbons (Fsp3) is 0.345. The molecule has 5 nitrogen and oxygen atoms in total. The van der Waals surface area contributed by atoms with Crippen molar-refractivity contribution in [2.75, 3.05) is 27.3 Å². The van der Waals surface area contributed by atoms with E-state index in [1.807, 2.05) is 29.2 Å². The van der Waals surface area contributed by atoms with Gasteiger partial charge in [0, 0.05) is 35.3 Å². The number of ether oxygens (including phenoxy) is 2. The van der Waals surface area contributed by atoms with Gasteiger partial charge >= 0.3 is 0 Å². The van der Waals surface area contributed by atoms with E-state index in [0.717, 1.165) is 37.3 Å². The van der Waals surface area contributed by atoms with Gasteiger partial charge < -0.3 is 19.7 Å². The van der Waals surface area contributed by atoms with Gasteiger partial charge in [-0.3, -0.25) is 4.79 Å². The van der Waals surface area contributed by atoms with Gasteiger partial charge in [0.15, 0.2) is 0 Å². The quantitative estimate of drug-likeness (QED) is 0.434. The number of likely N-dealkylation sites (tertiary alicyclic amines) is 1. The molecular weight excluding hydrogens is 460 g/mol. The van der Waals surface area contributed by atoms with Crippen LogP contribution in [-0.2, 0) is 12.8 Å². The van der Waals surface area contributed by atoms with E-state index >= 15 is 0 Å². The highest BCUT2D eigenvalue weighted by atomic mass is 35.5. The summed E-state index contributed by atoms with van der Waals surface area (Å²) in [5.41, 5.74) is 3.05. The maximum Gasteiger partial charge on any atom is 0.254 e. The molecule has 1 saturated heterocycles. The highest BCUT2D eigenvalue weighted by Crippen LogP contribution is 2.27. The first-order valence-electron chi connectivity index (χ1n) is 12.1. The van der Waals surface area contributed by atoms with Gasteiger partial charge in [-0.1, -0.05) is 54.1 Å². The summed E-state index contributed by atoms with van der Waals surface area (Å²) in [6, 6.07) is 24.2. The fourth-order valence-corrected chi connectivity index (χ4v) is 5.01. The first-order valence-corrected chi connectivity index (χ1v) is 12.5. The Hall–Kier alpha value is -3.02. The van der Waals surface area contributed by atoms with Crippen LogP contribution in [0.5, 0.6) is 11.5 Å². The average Bonchev–Trinajstić information content (AvgIpc) is 2.89. The van der Waals surface area contributed by atoms with Crippen LogP contribution in [-0.4, -0.2) is 50.2 Å². The lowest BCUT2D eigenvalue weighted by Gasteiger charge is -2.40. The summed E-state index contributed by atoms with van der Waals surface area (Å²) in [6.07, 6.45) is 3.55. The van der Waals surface area contributed by atoms with E-state index in [9.17, 15) is 4.79 Å². The van der Waals surface area contributed by atoms with Gasteiger partial charge in [-0.25, -0.2) is 0 Å². The highest BCUT2D eigenvalue weighted by Gasteiger charge is 2.32. The van der Waals surface area contributed by atoms with Crippen molar-refractivity contribution >= 4 is 17.5 Å². The van der Waals surface area contributed by atoms with Crippen molar-refractivity contribution in [3.8, 4) is 11.5 Å². The minimum atomic E-state index is 0.0144. The third kappa shape index (κ3) is 6.77. The predicted octanol–water partition coefficient (Wildman–Crippen LogP) is 5.41. The molecule has 0 bridgehead atoms. The van der Waals surface area contributed by atoms with Gasteiger partial charge in [-0.2, -0.15) is 0 Å². The Balaban J connectivity index is 1.47. The van der Waals surface area contributed by atoms with Gasteiger partial charge in [0.25, 0.3) is 5.91 Å². The van der Waals surface area contributed by atoms with Gasteiger partial charge in [-0.05, 0) is 67.6 Å². The van der Waals surface area contributed by atoms with Crippen molar-refractivity contribution in [3.05, 3.63) is 94.5 Å². The van der Waals surface area contributed by atoms with Crippen LogP contribution in [0, 0.1) is 0 Å². The smallest absolute Gasteiger partial charge is 0.254 e. The number of nitrogens with zero attached hydrogens (tertiary/aromatic N) is 1. The summed E-state index contributed by atoms with van der Waals surface area (Å²) in [5.74, 6) is 1.25. The normalized spacial score (nSPS) is 17.7. The first kappa shape index (κ1) is 25.1. The number of hydrogen-bond donors (Lipinski definition) is 1. The summed E-state index contributed by atoms with van der Waals surface area (Å²) in [7, 11) is 3.20. The number of piperidine rings is 1. The third-order valence-electron chi connectivity index (χ3n) is 6.62. The van der Waals surface area contributed by atoms with E-state index in [1.165, 1.54) is 11.1 Å². The van der Waals surface area contributed by atoms with E-state index in [1.54, 1.807) is 32.4 Å². The first-order chi connectivity index (χ1) is 17.1. The third-order valence-corrected chi connectivity index (χ3v) is 6.86. The molecule has 0 unspecified atom stereocenters. The summed E-state index contributed by atoms with van der Waals surface area (Å²) in [4.78, 5) is 15.7. The van der Waals surface area contributed by atoms with Gasteiger partial charge in [0.2, 0.25) is 0 Å². The second kappa shape index (κ2) is 12.1. The molecule has 1 aliphatic heterocycles. The van der Waals surface area contributed by atoms with E-state index in [4.69, 9.17) is 21.1 Å². The molecule has 1 heterocycles. The Morgan fingerprint density at radius 3 is 2.37 bits per heavy atom. The molecule has 35 heavy (non-hydrogen) atoms. The molecule has 6 heteroatoms. The second-order valence-electron chi connectivity index (χ2n) is 9.00. The van der Waals surface area contributed by atoms with Crippen molar-refractivity contribution in [1.29, 1.82) is 0 Å². The zero-order valence-corrected chi connectivity index (χ0v) is 21.1.